The monoisotopic (exact) mass is 335 g/mol. The Balaban J connectivity index is 2.33. The molecule has 6 heteroatoms. The summed E-state index contributed by atoms with van der Waals surface area (Å²) in [5, 5.41) is 0. The molecule has 100 valence electrons. The van der Waals surface area contributed by atoms with Crippen LogP contribution in [-0.2, 0) is 10.0 Å². The first-order valence-corrected chi connectivity index (χ1v) is 8.10. The van der Waals surface area contributed by atoms with Crippen LogP contribution >= 0.6 is 15.9 Å². The van der Waals surface area contributed by atoms with Crippen molar-refractivity contribution in [2.45, 2.75) is 24.7 Å². The summed E-state index contributed by atoms with van der Waals surface area (Å²) < 4.78 is 40.3. The van der Waals surface area contributed by atoms with E-state index in [1.165, 1.54) is 22.5 Å². The van der Waals surface area contributed by atoms with Gasteiger partial charge in [-0.05, 0) is 37.0 Å². The molecule has 0 amide bonds. The van der Waals surface area contributed by atoms with Crippen LogP contribution in [0.3, 0.4) is 0 Å². The lowest BCUT2D eigenvalue weighted by molar-refractivity contribution is 0.287. The van der Waals surface area contributed by atoms with Crippen LogP contribution in [-0.4, -0.2) is 25.8 Å². The van der Waals surface area contributed by atoms with E-state index in [4.69, 9.17) is 0 Å². The first-order chi connectivity index (χ1) is 8.41. The van der Waals surface area contributed by atoms with Gasteiger partial charge in [0, 0.05) is 17.6 Å². The molecule has 2 rings (SSSR count). The predicted molar refractivity (Wildman–Crippen MR) is 71.3 cm³/mol. The topological polar surface area (TPSA) is 37.4 Å². The zero-order chi connectivity index (χ0) is 13.3. The van der Waals surface area contributed by atoms with Gasteiger partial charge in [0.15, 0.2) is 0 Å². The van der Waals surface area contributed by atoms with Crippen molar-refractivity contribution in [1.29, 1.82) is 0 Å². The molecule has 1 saturated heterocycles. The van der Waals surface area contributed by atoms with Gasteiger partial charge in [0.1, 0.15) is 10.7 Å². The van der Waals surface area contributed by atoms with Crippen LogP contribution in [0.4, 0.5) is 4.39 Å². The SMILES string of the molecule is CC1CCN(S(=O)(=O)c2cc(Br)ccc2F)CC1. The van der Waals surface area contributed by atoms with Gasteiger partial charge in [-0.15, -0.1) is 0 Å². The van der Waals surface area contributed by atoms with Crippen LogP contribution in [0.5, 0.6) is 0 Å². The summed E-state index contributed by atoms with van der Waals surface area (Å²) in [6, 6.07) is 3.98. The molecule has 18 heavy (non-hydrogen) atoms. The summed E-state index contributed by atoms with van der Waals surface area (Å²) >= 11 is 3.17. The number of piperidine rings is 1. The van der Waals surface area contributed by atoms with Crippen molar-refractivity contribution in [3.05, 3.63) is 28.5 Å². The number of benzene rings is 1. The highest BCUT2D eigenvalue weighted by Gasteiger charge is 2.30. The Bertz CT molecular complexity index is 539. The van der Waals surface area contributed by atoms with Crippen molar-refractivity contribution >= 4 is 26.0 Å². The summed E-state index contributed by atoms with van der Waals surface area (Å²) in [5.41, 5.74) is 0. The van der Waals surface area contributed by atoms with Crippen LogP contribution in [0, 0.1) is 11.7 Å². The number of nitrogens with zero attached hydrogens (tertiary/aromatic N) is 1. The molecule has 0 atom stereocenters. The third kappa shape index (κ3) is 2.75. The molecule has 0 N–H and O–H groups in total. The second-order valence-corrected chi connectivity index (χ2v) is 7.48. The molecular weight excluding hydrogens is 321 g/mol. The lowest BCUT2D eigenvalue weighted by atomic mass is 10.0. The zero-order valence-corrected chi connectivity index (χ0v) is 12.5. The third-order valence-corrected chi connectivity index (χ3v) is 5.66. The summed E-state index contributed by atoms with van der Waals surface area (Å²) in [4.78, 5) is -0.244. The Morgan fingerprint density at radius 1 is 1.33 bits per heavy atom. The predicted octanol–water partition coefficient (Wildman–Crippen LogP) is 3.01. The molecule has 0 aromatic heterocycles. The van der Waals surface area contributed by atoms with Crippen molar-refractivity contribution in [2.24, 2.45) is 5.92 Å². The molecule has 1 aliphatic rings. The highest BCUT2D eigenvalue weighted by Crippen LogP contribution is 2.26. The number of halogens is 2. The van der Waals surface area contributed by atoms with Crippen LogP contribution in [0.25, 0.3) is 0 Å². The van der Waals surface area contributed by atoms with Crippen LogP contribution < -0.4 is 0 Å². The number of sulfonamides is 1. The van der Waals surface area contributed by atoms with Gasteiger partial charge in [0.2, 0.25) is 10.0 Å². The Morgan fingerprint density at radius 3 is 2.56 bits per heavy atom. The normalized spacial score (nSPS) is 19.1. The Morgan fingerprint density at radius 2 is 1.94 bits per heavy atom. The van der Waals surface area contributed by atoms with E-state index in [9.17, 15) is 12.8 Å². The van der Waals surface area contributed by atoms with E-state index in [0.29, 0.717) is 23.5 Å². The minimum atomic E-state index is -3.71. The van der Waals surface area contributed by atoms with Gasteiger partial charge in [-0.2, -0.15) is 4.31 Å². The van der Waals surface area contributed by atoms with Crippen LogP contribution in [0.2, 0.25) is 0 Å². The molecule has 0 unspecified atom stereocenters. The summed E-state index contributed by atoms with van der Waals surface area (Å²) in [7, 11) is -3.71. The van der Waals surface area contributed by atoms with E-state index in [1.807, 2.05) is 0 Å². The molecule has 0 aliphatic carbocycles. The lowest BCUT2D eigenvalue weighted by Crippen LogP contribution is -2.38. The minimum absolute atomic E-state index is 0.244. The van der Waals surface area contributed by atoms with Gasteiger partial charge in [0.25, 0.3) is 0 Å². The largest absolute Gasteiger partial charge is 0.246 e. The van der Waals surface area contributed by atoms with E-state index in [2.05, 4.69) is 22.9 Å². The quantitative estimate of drug-likeness (QED) is 0.833. The lowest BCUT2D eigenvalue weighted by Gasteiger charge is -2.29. The van der Waals surface area contributed by atoms with Gasteiger partial charge in [-0.25, -0.2) is 12.8 Å². The standard InChI is InChI=1S/C12H15BrFNO2S/c1-9-4-6-15(7-5-9)18(16,17)12-8-10(13)2-3-11(12)14/h2-3,8-9H,4-7H2,1H3. The highest BCUT2D eigenvalue weighted by molar-refractivity contribution is 9.10. The Kier molecular flexibility index (Phi) is 4.08. The Labute approximate surface area is 115 Å². The summed E-state index contributed by atoms with van der Waals surface area (Å²) in [6.45, 7) is 3.04. The molecule has 0 radical (unpaired) electrons. The average Bonchev–Trinajstić information content (AvgIpc) is 2.32. The van der Waals surface area contributed by atoms with Crippen molar-refractivity contribution < 1.29 is 12.8 Å². The summed E-state index contributed by atoms with van der Waals surface area (Å²) in [6.07, 6.45) is 1.66. The maximum absolute atomic E-state index is 13.7. The third-order valence-electron chi connectivity index (χ3n) is 3.25. The number of hydrogen-bond donors (Lipinski definition) is 0. The van der Waals surface area contributed by atoms with Gasteiger partial charge in [-0.1, -0.05) is 22.9 Å². The molecule has 0 saturated carbocycles. The van der Waals surface area contributed by atoms with E-state index >= 15 is 0 Å². The van der Waals surface area contributed by atoms with Crippen molar-refractivity contribution in [1.82, 2.24) is 4.31 Å². The number of rotatable bonds is 2. The molecular formula is C12H15BrFNO2S. The maximum Gasteiger partial charge on any atom is 0.246 e. The number of hydrogen-bond acceptors (Lipinski definition) is 2. The van der Waals surface area contributed by atoms with Crippen molar-refractivity contribution in [3.63, 3.8) is 0 Å². The highest BCUT2D eigenvalue weighted by atomic mass is 79.9. The van der Waals surface area contributed by atoms with Gasteiger partial charge >= 0.3 is 0 Å². The zero-order valence-electron chi connectivity index (χ0n) is 10.1. The second kappa shape index (κ2) is 5.27. The fourth-order valence-electron chi connectivity index (χ4n) is 2.04. The van der Waals surface area contributed by atoms with E-state index in [0.717, 1.165) is 12.8 Å². The average molecular weight is 336 g/mol. The molecule has 1 aromatic carbocycles. The second-order valence-electron chi connectivity index (χ2n) is 4.66. The molecule has 1 fully saturated rings. The van der Waals surface area contributed by atoms with E-state index in [-0.39, 0.29) is 4.90 Å². The first kappa shape index (κ1) is 14.0. The molecule has 0 bridgehead atoms. The van der Waals surface area contributed by atoms with Gasteiger partial charge in [-0.3, -0.25) is 0 Å². The summed E-state index contributed by atoms with van der Waals surface area (Å²) in [5.74, 6) is -0.166. The fourth-order valence-corrected chi connectivity index (χ4v) is 4.11. The maximum atomic E-state index is 13.7. The van der Waals surface area contributed by atoms with Crippen molar-refractivity contribution in [2.75, 3.05) is 13.1 Å². The van der Waals surface area contributed by atoms with Crippen molar-refractivity contribution in [3.8, 4) is 0 Å². The van der Waals surface area contributed by atoms with Crippen LogP contribution in [0.1, 0.15) is 19.8 Å². The van der Waals surface area contributed by atoms with Gasteiger partial charge < -0.3 is 0 Å². The smallest absolute Gasteiger partial charge is 0.207 e. The Hall–Kier alpha value is -0.460. The molecule has 1 heterocycles. The molecule has 1 aliphatic heterocycles. The van der Waals surface area contributed by atoms with Crippen LogP contribution in [0.15, 0.2) is 27.6 Å². The minimum Gasteiger partial charge on any atom is -0.207 e. The molecule has 0 spiro atoms. The fraction of sp³-hybridized carbons (Fsp3) is 0.500. The van der Waals surface area contributed by atoms with E-state index in [1.54, 1.807) is 0 Å². The van der Waals surface area contributed by atoms with Gasteiger partial charge in [0.05, 0.1) is 0 Å². The van der Waals surface area contributed by atoms with E-state index < -0.39 is 15.8 Å². The molecule has 1 aromatic rings. The molecule has 3 nitrogen and oxygen atoms in total. The first-order valence-electron chi connectivity index (χ1n) is 5.86.